The lowest BCUT2D eigenvalue weighted by atomic mass is 10.1. The van der Waals surface area contributed by atoms with Gasteiger partial charge in [0.15, 0.2) is 0 Å². The molecule has 1 aromatic heterocycles. The van der Waals surface area contributed by atoms with Gasteiger partial charge in [-0.25, -0.2) is 14.2 Å². The van der Waals surface area contributed by atoms with Crippen molar-refractivity contribution in [2.24, 2.45) is 0 Å². The lowest BCUT2D eigenvalue weighted by Crippen LogP contribution is -2.25. The summed E-state index contributed by atoms with van der Waals surface area (Å²) in [5.41, 5.74) is 0.644. The van der Waals surface area contributed by atoms with Gasteiger partial charge < -0.3 is 14.7 Å². The van der Waals surface area contributed by atoms with Crippen molar-refractivity contribution < 1.29 is 23.8 Å². The molecule has 9 heteroatoms. The standard InChI is InChI=1S/C13H9ClFN3O4/c1-17-4-8-11(22-13(20)21)16-5-18(8)7-3-2-6(15)10(14)9(7)12(17)19/h2-3,5H,4H2,1H3,(H,20,21). The van der Waals surface area contributed by atoms with E-state index in [9.17, 15) is 14.0 Å². The van der Waals surface area contributed by atoms with E-state index in [2.05, 4.69) is 9.72 Å². The molecule has 0 spiro atoms. The van der Waals surface area contributed by atoms with Crippen LogP contribution in [0.3, 0.4) is 0 Å². The van der Waals surface area contributed by atoms with Gasteiger partial charge in [0.1, 0.15) is 17.8 Å². The Morgan fingerprint density at radius 1 is 1.50 bits per heavy atom. The summed E-state index contributed by atoms with van der Waals surface area (Å²) >= 11 is 5.92. The highest BCUT2D eigenvalue weighted by Gasteiger charge is 2.30. The Morgan fingerprint density at radius 3 is 2.91 bits per heavy atom. The van der Waals surface area contributed by atoms with E-state index >= 15 is 0 Å². The van der Waals surface area contributed by atoms with Crippen LogP contribution in [0.5, 0.6) is 5.88 Å². The van der Waals surface area contributed by atoms with Crippen molar-refractivity contribution in [2.45, 2.75) is 6.54 Å². The van der Waals surface area contributed by atoms with Crippen molar-refractivity contribution in [1.29, 1.82) is 0 Å². The largest absolute Gasteiger partial charge is 0.512 e. The summed E-state index contributed by atoms with van der Waals surface area (Å²) in [5.74, 6) is -1.34. The maximum absolute atomic E-state index is 13.7. The summed E-state index contributed by atoms with van der Waals surface area (Å²) in [7, 11) is 1.49. The highest BCUT2D eigenvalue weighted by atomic mass is 35.5. The fraction of sp³-hybridized carbons (Fsp3) is 0.154. The van der Waals surface area contributed by atoms with Gasteiger partial charge in [-0.1, -0.05) is 11.6 Å². The van der Waals surface area contributed by atoms with Gasteiger partial charge in [0.2, 0.25) is 5.88 Å². The molecule has 0 radical (unpaired) electrons. The number of halogens is 2. The molecular formula is C13H9ClFN3O4. The molecule has 0 atom stereocenters. The van der Waals surface area contributed by atoms with Crippen LogP contribution in [0.2, 0.25) is 5.02 Å². The third kappa shape index (κ3) is 2.08. The van der Waals surface area contributed by atoms with Gasteiger partial charge >= 0.3 is 6.16 Å². The molecule has 7 nitrogen and oxygen atoms in total. The van der Waals surface area contributed by atoms with Crippen LogP contribution < -0.4 is 4.74 Å². The Kier molecular flexibility index (Phi) is 3.25. The Bertz CT molecular complexity index is 805. The van der Waals surface area contributed by atoms with Crippen LogP contribution in [0.15, 0.2) is 18.5 Å². The molecule has 0 bridgehead atoms. The van der Waals surface area contributed by atoms with Gasteiger partial charge in [-0.05, 0) is 12.1 Å². The number of nitrogens with zero attached hydrogens (tertiary/aromatic N) is 3. The fourth-order valence-corrected chi connectivity index (χ4v) is 2.55. The number of amides is 1. The second-order valence-corrected chi connectivity index (χ2v) is 5.03. The zero-order valence-corrected chi connectivity index (χ0v) is 12.0. The van der Waals surface area contributed by atoms with E-state index in [1.807, 2.05) is 0 Å². The summed E-state index contributed by atoms with van der Waals surface area (Å²) in [6.45, 7) is 0.0358. The number of imidazole rings is 1. The summed E-state index contributed by atoms with van der Waals surface area (Å²) in [6, 6.07) is 2.50. The molecular weight excluding hydrogens is 317 g/mol. The van der Waals surface area contributed by atoms with Gasteiger partial charge in [0.25, 0.3) is 5.91 Å². The first-order valence-corrected chi connectivity index (χ1v) is 6.48. The normalized spacial score (nSPS) is 13.4. The molecule has 0 unspecified atom stereocenters. The summed E-state index contributed by atoms with van der Waals surface area (Å²) in [6.07, 6.45) is -0.218. The first-order chi connectivity index (χ1) is 10.4. The molecule has 2 aromatic rings. The average Bonchev–Trinajstić information content (AvgIpc) is 2.78. The van der Waals surface area contributed by atoms with Crippen LogP contribution in [0.4, 0.5) is 9.18 Å². The molecule has 0 aliphatic carbocycles. The molecule has 1 aliphatic heterocycles. The number of hydrogen-bond acceptors (Lipinski definition) is 4. The smallest absolute Gasteiger partial charge is 0.449 e. The van der Waals surface area contributed by atoms with Crippen molar-refractivity contribution in [1.82, 2.24) is 14.5 Å². The number of carboxylic acid groups (broad SMARTS) is 1. The number of fused-ring (bicyclic) bond motifs is 3. The highest BCUT2D eigenvalue weighted by molar-refractivity contribution is 6.34. The van der Waals surface area contributed by atoms with E-state index in [1.165, 1.54) is 28.9 Å². The maximum Gasteiger partial charge on any atom is 0.512 e. The fourth-order valence-electron chi connectivity index (χ4n) is 2.31. The van der Waals surface area contributed by atoms with Crippen LogP contribution in [-0.2, 0) is 6.54 Å². The van der Waals surface area contributed by atoms with Crippen molar-refractivity contribution in [3.05, 3.63) is 40.6 Å². The summed E-state index contributed by atoms with van der Waals surface area (Å²) < 4.78 is 19.7. The zero-order valence-electron chi connectivity index (χ0n) is 11.2. The SMILES string of the molecule is CN1Cc2c(OC(=O)O)ncn2-c2ccc(F)c(Cl)c2C1=O. The number of hydrogen-bond donors (Lipinski definition) is 1. The molecule has 1 N–H and O–H groups in total. The quantitative estimate of drug-likeness (QED) is 0.813. The lowest BCUT2D eigenvalue weighted by molar-refractivity contribution is 0.0787. The van der Waals surface area contributed by atoms with Crippen molar-refractivity contribution >= 4 is 23.7 Å². The minimum atomic E-state index is -1.52. The Balaban J connectivity index is 2.27. The highest BCUT2D eigenvalue weighted by Crippen LogP contribution is 2.33. The third-order valence-electron chi connectivity index (χ3n) is 3.29. The number of benzene rings is 1. The van der Waals surface area contributed by atoms with Crippen LogP contribution in [-0.4, -0.2) is 38.7 Å². The second-order valence-electron chi connectivity index (χ2n) is 4.65. The molecule has 0 saturated heterocycles. The van der Waals surface area contributed by atoms with Crippen LogP contribution >= 0.6 is 11.6 Å². The first kappa shape index (κ1) is 14.3. The molecule has 1 aliphatic rings. The maximum atomic E-state index is 13.7. The molecule has 22 heavy (non-hydrogen) atoms. The van der Waals surface area contributed by atoms with Gasteiger partial charge in [-0.15, -0.1) is 0 Å². The average molecular weight is 326 g/mol. The molecule has 1 amide bonds. The molecule has 3 rings (SSSR count). The van der Waals surface area contributed by atoms with E-state index in [0.717, 1.165) is 6.07 Å². The molecule has 114 valence electrons. The number of carbonyl (C=O) groups excluding carboxylic acids is 1. The number of carbonyl (C=O) groups is 2. The minimum Gasteiger partial charge on any atom is -0.449 e. The van der Waals surface area contributed by atoms with Crippen molar-refractivity contribution in [2.75, 3.05) is 7.05 Å². The number of ether oxygens (including phenoxy) is 1. The van der Waals surface area contributed by atoms with Crippen molar-refractivity contribution in [3.63, 3.8) is 0 Å². The van der Waals surface area contributed by atoms with Crippen molar-refractivity contribution in [3.8, 4) is 11.6 Å². The third-order valence-corrected chi connectivity index (χ3v) is 3.66. The minimum absolute atomic E-state index is 0.0119. The van der Waals surface area contributed by atoms with Gasteiger partial charge in [0, 0.05) is 7.05 Å². The lowest BCUT2D eigenvalue weighted by Gasteiger charge is -2.15. The van der Waals surface area contributed by atoms with E-state index in [0.29, 0.717) is 11.4 Å². The Morgan fingerprint density at radius 2 is 2.23 bits per heavy atom. The van der Waals surface area contributed by atoms with Crippen LogP contribution in [0.25, 0.3) is 5.69 Å². The summed E-state index contributed by atoms with van der Waals surface area (Å²) in [5, 5.41) is 8.43. The summed E-state index contributed by atoms with van der Waals surface area (Å²) in [4.78, 5) is 28.3. The van der Waals surface area contributed by atoms with E-state index in [1.54, 1.807) is 0 Å². The number of rotatable bonds is 1. The monoisotopic (exact) mass is 325 g/mol. The Hall–Kier alpha value is -2.61. The Labute approximate surface area is 128 Å². The van der Waals surface area contributed by atoms with Crippen LogP contribution in [0.1, 0.15) is 16.1 Å². The predicted molar refractivity (Wildman–Crippen MR) is 73.0 cm³/mol. The molecule has 0 fully saturated rings. The zero-order chi connectivity index (χ0) is 16.0. The topological polar surface area (TPSA) is 84.7 Å². The predicted octanol–water partition coefficient (Wildman–Crippen LogP) is 2.31. The van der Waals surface area contributed by atoms with E-state index < -0.39 is 17.9 Å². The van der Waals surface area contributed by atoms with E-state index in [4.69, 9.17) is 16.7 Å². The van der Waals surface area contributed by atoms with Gasteiger partial charge in [0.05, 0.1) is 22.8 Å². The van der Waals surface area contributed by atoms with E-state index in [-0.39, 0.29) is 23.0 Å². The molecule has 1 aromatic carbocycles. The molecule has 2 heterocycles. The first-order valence-electron chi connectivity index (χ1n) is 6.11. The van der Waals surface area contributed by atoms with Gasteiger partial charge in [-0.3, -0.25) is 9.36 Å². The molecule has 0 saturated carbocycles. The van der Waals surface area contributed by atoms with Crippen LogP contribution in [0, 0.1) is 5.82 Å². The number of aromatic nitrogens is 2. The second kappa shape index (κ2) is 4.99. The van der Waals surface area contributed by atoms with Gasteiger partial charge in [-0.2, -0.15) is 0 Å².